The first-order valence-corrected chi connectivity index (χ1v) is 13.2. The molecule has 1 aliphatic rings. The van der Waals surface area contributed by atoms with Gasteiger partial charge in [-0.25, -0.2) is 22.8 Å². The van der Waals surface area contributed by atoms with Gasteiger partial charge in [0.25, 0.3) is 11.4 Å². The highest BCUT2D eigenvalue weighted by molar-refractivity contribution is 7.89. The third-order valence-electron chi connectivity index (χ3n) is 6.30. The van der Waals surface area contributed by atoms with Crippen LogP contribution in [0.15, 0.2) is 47.4 Å². The lowest BCUT2D eigenvalue weighted by molar-refractivity contribution is -0.396. The fourth-order valence-electron chi connectivity index (χ4n) is 4.50. The number of nitro benzene ring substituents is 2. The van der Waals surface area contributed by atoms with E-state index in [4.69, 9.17) is 0 Å². The minimum atomic E-state index is -4.32. The van der Waals surface area contributed by atoms with Crippen LogP contribution in [0.5, 0.6) is 0 Å². The first kappa shape index (κ1) is 27.0. The lowest BCUT2D eigenvalue weighted by atomic mass is 10.0. The van der Waals surface area contributed by atoms with E-state index in [2.05, 4.69) is 9.97 Å². The van der Waals surface area contributed by atoms with Crippen LogP contribution in [-0.2, 0) is 16.4 Å². The SMILES string of the molecule is Cc1nc(C)c(Cc2cccc(F)c2)c(N2CCCN(S(=O)(=O)c3ccc([N+](=O)[O-])cc3[N+](=O)[O-])CC2)n1. The highest BCUT2D eigenvalue weighted by atomic mass is 32.2. The number of hydrogen-bond acceptors (Lipinski definition) is 9. The summed E-state index contributed by atoms with van der Waals surface area (Å²) in [6, 6.07) is 8.74. The van der Waals surface area contributed by atoms with Gasteiger partial charge in [0.05, 0.1) is 15.9 Å². The number of aromatic nitrogens is 2. The number of hydrogen-bond donors (Lipinski definition) is 0. The number of aryl methyl sites for hydroxylation is 2. The van der Waals surface area contributed by atoms with E-state index in [0.717, 1.165) is 33.3 Å². The summed E-state index contributed by atoms with van der Waals surface area (Å²) in [7, 11) is -4.32. The molecular weight excluding hydrogens is 519 g/mol. The van der Waals surface area contributed by atoms with E-state index in [0.29, 0.717) is 37.1 Å². The van der Waals surface area contributed by atoms with Crippen molar-refractivity contribution in [3.63, 3.8) is 0 Å². The predicted octanol–water partition coefficient (Wildman–Crippen LogP) is 3.54. The number of non-ortho nitro benzene ring substituents is 1. The van der Waals surface area contributed by atoms with Gasteiger partial charge in [-0.2, -0.15) is 4.31 Å². The summed E-state index contributed by atoms with van der Waals surface area (Å²) in [4.78, 5) is 31.3. The molecule has 1 aliphatic heterocycles. The van der Waals surface area contributed by atoms with E-state index < -0.39 is 36.1 Å². The summed E-state index contributed by atoms with van der Waals surface area (Å²) >= 11 is 0. The number of sulfonamides is 1. The summed E-state index contributed by atoms with van der Waals surface area (Å²) in [5.74, 6) is 0.807. The Balaban J connectivity index is 1.63. The van der Waals surface area contributed by atoms with Crippen molar-refractivity contribution in [2.75, 3.05) is 31.1 Å². The van der Waals surface area contributed by atoms with E-state index in [1.165, 1.54) is 12.1 Å². The van der Waals surface area contributed by atoms with E-state index in [1.807, 2.05) is 11.8 Å². The van der Waals surface area contributed by atoms with Crippen LogP contribution in [0.3, 0.4) is 0 Å². The Bertz CT molecular complexity index is 1520. The molecule has 1 aromatic heterocycles. The molecule has 38 heavy (non-hydrogen) atoms. The van der Waals surface area contributed by atoms with E-state index in [1.54, 1.807) is 19.1 Å². The smallest absolute Gasteiger partial charge is 0.296 e. The molecule has 1 saturated heterocycles. The molecule has 2 aromatic carbocycles. The molecular formula is C24H25FN6O6S. The summed E-state index contributed by atoms with van der Waals surface area (Å²) in [6.07, 6.45) is 0.786. The molecule has 0 unspecified atom stereocenters. The third-order valence-corrected chi connectivity index (χ3v) is 8.24. The fourth-order valence-corrected chi connectivity index (χ4v) is 6.11. The normalized spacial score (nSPS) is 14.8. The van der Waals surface area contributed by atoms with Crippen LogP contribution in [0.1, 0.15) is 29.1 Å². The highest BCUT2D eigenvalue weighted by Crippen LogP contribution is 2.32. The number of nitrogens with zero attached hydrogens (tertiary/aromatic N) is 6. The Hall–Kier alpha value is -4.04. The van der Waals surface area contributed by atoms with Crippen molar-refractivity contribution in [1.82, 2.24) is 14.3 Å². The molecule has 12 nitrogen and oxygen atoms in total. The van der Waals surface area contributed by atoms with Crippen LogP contribution in [0.25, 0.3) is 0 Å². The zero-order valence-corrected chi connectivity index (χ0v) is 21.5. The maximum absolute atomic E-state index is 13.8. The number of benzene rings is 2. The zero-order valence-electron chi connectivity index (χ0n) is 20.7. The van der Waals surface area contributed by atoms with Gasteiger partial charge in [0.15, 0.2) is 4.90 Å². The van der Waals surface area contributed by atoms with Crippen LogP contribution < -0.4 is 4.90 Å². The quantitative estimate of drug-likeness (QED) is 0.321. The van der Waals surface area contributed by atoms with Crippen molar-refractivity contribution < 1.29 is 22.7 Å². The minimum Gasteiger partial charge on any atom is -0.355 e. The maximum atomic E-state index is 13.8. The number of nitro groups is 2. The number of anilines is 1. The van der Waals surface area contributed by atoms with Gasteiger partial charge in [-0.05, 0) is 44.0 Å². The zero-order chi connectivity index (χ0) is 27.6. The average molecular weight is 545 g/mol. The van der Waals surface area contributed by atoms with Gasteiger partial charge < -0.3 is 4.90 Å². The molecule has 0 saturated carbocycles. The summed E-state index contributed by atoms with van der Waals surface area (Å²) < 4.78 is 41.8. The lowest BCUT2D eigenvalue weighted by Crippen LogP contribution is -2.36. The second kappa shape index (κ2) is 10.8. The first-order chi connectivity index (χ1) is 18.0. The van der Waals surface area contributed by atoms with E-state index >= 15 is 0 Å². The van der Waals surface area contributed by atoms with Gasteiger partial charge in [0, 0.05) is 49.9 Å². The van der Waals surface area contributed by atoms with Gasteiger partial charge in [0.2, 0.25) is 10.0 Å². The Morgan fingerprint density at radius 3 is 2.42 bits per heavy atom. The molecule has 0 amide bonds. The molecule has 3 aromatic rings. The molecule has 200 valence electrons. The monoisotopic (exact) mass is 544 g/mol. The number of rotatable bonds is 7. The predicted molar refractivity (Wildman–Crippen MR) is 136 cm³/mol. The lowest BCUT2D eigenvalue weighted by Gasteiger charge is -2.26. The van der Waals surface area contributed by atoms with Crippen molar-refractivity contribution >= 4 is 27.2 Å². The Kier molecular flexibility index (Phi) is 7.64. The minimum absolute atomic E-state index is 0.0119. The maximum Gasteiger partial charge on any atom is 0.296 e. The molecule has 0 aliphatic carbocycles. The summed E-state index contributed by atoms with van der Waals surface area (Å²) in [5.41, 5.74) is 0.847. The number of halogens is 1. The molecule has 2 heterocycles. The Morgan fingerprint density at radius 1 is 0.974 bits per heavy atom. The average Bonchev–Trinajstić information content (AvgIpc) is 3.12. The molecule has 14 heteroatoms. The molecule has 4 rings (SSSR count). The Labute approximate surface area is 218 Å². The van der Waals surface area contributed by atoms with Gasteiger partial charge in [-0.15, -0.1) is 0 Å². The van der Waals surface area contributed by atoms with Gasteiger partial charge in [0.1, 0.15) is 17.5 Å². The standard InChI is InChI=1S/C24H25FN6O6S/c1-16-21(14-18-5-3-6-19(25)13-18)24(27-17(2)26-16)28-9-4-10-29(12-11-28)38(36,37)23-8-7-20(30(32)33)15-22(23)31(34)35/h3,5-8,13,15H,4,9-12,14H2,1-2H3. The van der Waals surface area contributed by atoms with Crippen molar-refractivity contribution in [2.24, 2.45) is 0 Å². The first-order valence-electron chi connectivity index (χ1n) is 11.7. The van der Waals surface area contributed by atoms with Crippen molar-refractivity contribution in [3.05, 3.63) is 91.2 Å². The van der Waals surface area contributed by atoms with Crippen LogP contribution in [0, 0.1) is 39.9 Å². The van der Waals surface area contributed by atoms with Crippen LogP contribution >= 0.6 is 0 Å². The van der Waals surface area contributed by atoms with E-state index in [9.17, 15) is 33.0 Å². The highest BCUT2D eigenvalue weighted by Gasteiger charge is 2.34. The van der Waals surface area contributed by atoms with Gasteiger partial charge >= 0.3 is 0 Å². The van der Waals surface area contributed by atoms with Gasteiger partial charge in [-0.1, -0.05) is 12.1 Å². The van der Waals surface area contributed by atoms with Gasteiger partial charge in [-0.3, -0.25) is 20.2 Å². The second-order valence-electron chi connectivity index (χ2n) is 8.88. The Morgan fingerprint density at radius 2 is 1.74 bits per heavy atom. The van der Waals surface area contributed by atoms with Crippen molar-refractivity contribution in [2.45, 2.75) is 31.6 Å². The summed E-state index contributed by atoms with van der Waals surface area (Å²) in [6.45, 7) is 4.40. The van der Waals surface area contributed by atoms with Crippen LogP contribution in [-0.4, -0.2) is 58.7 Å². The second-order valence-corrected chi connectivity index (χ2v) is 10.8. The van der Waals surface area contributed by atoms with Crippen LogP contribution in [0.2, 0.25) is 0 Å². The largest absolute Gasteiger partial charge is 0.355 e. The van der Waals surface area contributed by atoms with E-state index in [-0.39, 0.29) is 25.5 Å². The van der Waals surface area contributed by atoms with Crippen molar-refractivity contribution in [1.29, 1.82) is 0 Å². The third kappa shape index (κ3) is 5.60. The molecule has 0 spiro atoms. The fraction of sp³-hybridized carbons (Fsp3) is 0.333. The molecule has 0 bridgehead atoms. The van der Waals surface area contributed by atoms with Crippen LogP contribution in [0.4, 0.5) is 21.6 Å². The molecule has 1 fully saturated rings. The molecule has 0 atom stereocenters. The summed E-state index contributed by atoms with van der Waals surface area (Å²) in [5, 5.41) is 22.6. The van der Waals surface area contributed by atoms with Crippen molar-refractivity contribution in [3.8, 4) is 0 Å². The molecule has 0 radical (unpaired) electrons. The topological polar surface area (TPSA) is 153 Å². The molecule has 0 N–H and O–H groups in total.